The molecule has 0 radical (unpaired) electrons. The third kappa shape index (κ3) is 2.59. The van der Waals surface area contributed by atoms with Crippen molar-refractivity contribution in [3.8, 4) is 0 Å². The van der Waals surface area contributed by atoms with Crippen molar-refractivity contribution < 1.29 is 9.90 Å². The number of carbonyl (C=O) groups excluding carboxylic acids is 1. The standard InChI is InChI=1S/C14H18BrNO2/c1-9-6-7-16(8-13(9)17)14(18)11-4-3-5-12(15)10(11)2/h3-5,9,13,17H,6-8H2,1-2H3. The average molecular weight is 312 g/mol. The van der Waals surface area contributed by atoms with Crippen molar-refractivity contribution in [2.75, 3.05) is 13.1 Å². The molecule has 2 atom stereocenters. The molecule has 18 heavy (non-hydrogen) atoms. The minimum Gasteiger partial charge on any atom is -0.391 e. The number of hydrogen-bond acceptors (Lipinski definition) is 2. The van der Waals surface area contributed by atoms with Crippen LogP contribution in [0.5, 0.6) is 0 Å². The molecule has 1 saturated heterocycles. The summed E-state index contributed by atoms with van der Waals surface area (Å²) < 4.78 is 0.944. The molecule has 4 heteroatoms. The van der Waals surface area contributed by atoms with Gasteiger partial charge in [-0.3, -0.25) is 4.79 Å². The van der Waals surface area contributed by atoms with E-state index < -0.39 is 6.10 Å². The van der Waals surface area contributed by atoms with Crippen LogP contribution in [-0.2, 0) is 0 Å². The number of aliphatic hydroxyl groups excluding tert-OH is 1. The van der Waals surface area contributed by atoms with Crippen LogP contribution in [0.2, 0.25) is 0 Å². The number of rotatable bonds is 1. The molecular weight excluding hydrogens is 294 g/mol. The number of piperidine rings is 1. The summed E-state index contributed by atoms with van der Waals surface area (Å²) in [5, 5.41) is 9.86. The Labute approximate surface area is 116 Å². The number of halogens is 1. The van der Waals surface area contributed by atoms with Gasteiger partial charge in [0.15, 0.2) is 0 Å². The molecule has 0 aliphatic carbocycles. The van der Waals surface area contributed by atoms with Gasteiger partial charge in [0.1, 0.15) is 0 Å². The lowest BCUT2D eigenvalue weighted by Gasteiger charge is -2.34. The Kier molecular flexibility index (Phi) is 4.07. The van der Waals surface area contributed by atoms with E-state index in [0.717, 1.165) is 23.0 Å². The van der Waals surface area contributed by atoms with Gasteiger partial charge in [0.25, 0.3) is 5.91 Å². The predicted octanol–water partition coefficient (Wildman–Crippen LogP) is 2.60. The fourth-order valence-corrected chi connectivity index (χ4v) is 2.61. The molecule has 0 bridgehead atoms. The van der Waals surface area contributed by atoms with Crippen molar-refractivity contribution in [2.24, 2.45) is 5.92 Å². The van der Waals surface area contributed by atoms with Crippen molar-refractivity contribution in [1.29, 1.82) is 0 Å². The predicted molar refractivity (Wildman–Crippen MR) is 74.6 cm³/mol. The Balaban J connectivity index is 2.19. The third-order valence-electron chi connectivity index (χ3n) is 3.70. The molecule has 1 aliphatic heterocycles. The van der Waals surface area contributed by atoms with Gasteiger partial charge in [-0.2, -0.15) is 0 Å². The lowest BCUT2D eigenvalue weighted by Crippen LogP contribution is -2.46. The molecule has 1 aromatic rings. The van der Waals surface area contributed by atoms with Crippen molar-refractivity contribution >= 4 is 21.8 Å². The topological polar surface area (TPSA) is 40.5 Å². The molecule has 98 valence electrons. The Hall–Kier alpha value is -0.870. The quantitative estimate of drug-likeness (QED) is 0.866. The Bertz CT molecular complexity index is 461. The lowest BCUT2D eigenvalue weighted by molar-refractivity contribution is 0.0248. The van der Waals surface area contributed by atoms with E-state index in [0.29, 0.717) is 12.1 Å². The van der Waals surface area contributed by atoms with E-state index in [4.69, 9.17) is 0 Å². The van der Waals surface area contributed by atoms with Crippen molar-refractivity contribution in [2.45, 2.75) is 26.4 Å². The van der Waals surface area contributed by atoms with Gasteiger partial charge in [-0.25, -0.2) is 0 Å². The molecule has 1 aromatic carbocycles. The number of β-amino-alcohol motifs (C(OH)–C–C–N with tert-alkyl or cyclic N) is 1. The Morgan fingerprint density at radius 2 is 2.22 bits per heavy atom. The number of hydrogen-bond donors (Lipinski definition) is 1. The molecule has 1 amide bonds. The van der Waals surface area contributed by atoms with E-state index in [1.165, 1.54) is 0 Å². The zero-order valence-electron chi connectivity index (χ0n) is 10.7. The normalized spacial score (nSPS) is 24.1. The van der Waals surface area contributed by atoms with Crippen LogP contribution in [-0.4, -0.2) is 35.1 Å². The second kappa shape index (κ2) is 5.41. The smallest absolute Gasteiger partial charge is 0.254 e. The molecule has 1 heterocycles. The highest BCUT2D eigenvalue weighted by molar-refractivity contribution is 9.10. The summed E-state index contributed by atoms with van der Waals surface area (Å²) in [6.45, 7) is 5.12. The maximum atomic E-state index is 12.4. The molecule has 0 spiro atoms. The van der Waals surface area contributed by atoms with Crippen molar-refractivity contribution in [3.05, 3.63) is 33.8 Å². The highest BCUT2D eigenvalue weighted by Crippen LogP contribution is 2.23. The van der Waals surface area contributed by atoms with E-state index in [1.807, 2.05) is 32.0 Å². The third-order valence-corrected chi connectivity index (χ3v) is 4.56. The number of benzene rings is 1. The van der Waals surface area contributed by atoms with Gasteiger partial charge >= 0.3 is 0 Å². The first-order valence-corrected chi connectivity index (χ1v) is 7.02. The number of aliphatic hydroxyl groups is 1. The molecule has 1 N–H and O–H groups in total. The largest absolute Gasteiger partial charge is 0.391 e. The highest BCUT2D eigenvalue weighted by atomic mass is 79.9. The minimum absolute atomic E-state index is 0.0137. The number of amides is 1. The molecule has 1 aliphatic rings. The van der Waals surface area contributed by atoms with Crippen LogP contribution in [0, 0.1) is 12.8 Å². The first-order valence-electron chi connectivity index (χ1n) is 6.23. The van der Waals surface area contributed by atoms with E-state index in [2.05, 4.69) is 15.9 Å². The molecule has 0 saturated carbocycles. The van der Waals surface area contributed by atoms with Crippen LogP contribution >= 0.6 is 15.9 Å². The second-order valence-corrected chi connectivity index (χ2v) is 5.85. The van der Waals surface area contributed by atoms with Gasteiger partial charge in [-0.15, -0.1) is 0 Å². The number of nitrogens with zero attached hydrogens (tertiary/aromatic N) is 1. The SMILES string of the molecule is Cc1c(Br)cccc1C(=O)N1CCC(C)C(O)C1. The van der Waals surface area contributed by atoms with E-state index in [-0.39, 0.29) is 11.8 Å². The summed E-state index contributed by atoms with van der Waals surface area (Å²) in [6, 6.07) is 5.64. The zero-order valence-corrected chi connectivity index (χ0v) is 12.3. The van der Waals surface area contributed by atoms with Crippen molar-refractivity contribution in [1.82, 2.24) is 4.90 Å². The summed E-state index contributed by atoms with van der Waals surface area (Å²) in [5.74, 6) is 0.289. The van der Waals surface area contributed by atoms with Gasteiger partial charge in [0.2, 0.25) is 0 Å². The van der Waals surface area contributed by atoms with Crippen LogP contribution in [0.4, 0.5) is 0 Å². The Morgan fingerprint density at radius 3 is 2.89 bits per heavy atom. The van der Waals surface area contributed by atoms with Crippen LogP contribution in [0.3, 0.4) is 0 Å². The van der Waals surface area contributed by atoms with Gasteiger partial charge < -0.3 is 10.0 Å². The molecule has 3 nitrogen and oxygen atoms in total. The average Bonchev–Trinajstić information content (AvgIpc) is 2.35. The number of likely N-dealkylation sites (tertiary alicyclic amines) is 1. The monoisotopic (exact) mass is 311 g/mol. The van der Waals surface area contributed by atoms with Gasteiger partial charge in [-0.1, -0.05) is 28.9 Å². The van der Waals surface area contributed by atoms with Crippen LogP contribution in [0.25, 0.3) is 0 Å². The van der Waals surface area contributed by atoms with Crippen molar-refractivity contribution in [3.63, 3.8) is 0 Å². The lowest BCUT2D eigenvalue weighted by atomic mass is 9.95. The van der Waals surface area contributed by atoms with Gasteiger partial charge in [0, 0.05) is 23.1 Å². The first-order chi connectivity index (χ1) is 8.50. The summed E-state index contributed by atoms with van der Waals surface area (Å²) in [5.41, 5.74) is 1.67. The van der Waals surface area contributed by atoms with E-state index >= 15 is 0 Å². The van der Waals surface area contributed by atoms with Crippen LogP contribution < -0.4 is 0 Å². The maximum absolute atomic E-state index is 12.4. The minimum atomic E-state index is -0.407. The maximum Gasteiger partial charge on any atom is 0.254 e. The van der Waals surface area contributed by atoms with E-state index in [1.54, 1.807) is 4.90 Å². The fraction of sp³-hybridized carbons (Fsp3) is 0.500. The summed E-state index contributed by atoms with van der Waals surface area (Å²) in [7, 11) is 0. The van der Waals surface area contributed by atoms with Crippen LogP contribution in [0.15, 0.2) is 22.7 Å². The first kappa shape index (κ1) is 13.6. The summed E-state index contributed by atoms with van der Waals surface area (Å²) in [4.78, 5) is 14.2. The van der Waals surface area contributed by atoms with Gasteiger partial charge in [0.05, 0.1) is 6.10 Å². The molecule has 2 unspecified atom stereocenters. The highest BCUT2D eigenvalue weighted by Gasteiger charge is 2.28. The molecular formula is C14H18BrNO2. The molecule has 2 rings (SSSR count). The number of carbonyl (C=O) groups is 1. The Morgan fingerprint density at radius 1 is 1.50 bits per heavy atom. The molecule has 1 fully saturated rings. The molecule has 0 aromatic heterocycles. The van der Waals surface area contributed by atoms with E-state index in [9.17, 15) is 9.90 Å². The zero-order chi connectivity index (χ0) is 13.3. The van der Waals surface area contributed by atoms with Gasteiger partial charge in [-0.05, 0) is 37.0 Å². The van der Waals surface area contributed by atoms with Crippen LogP contribution in [0.1, 0.15) is 29.3 Å². The summed E-state index contributed by atoms with van der Waals surface area (Å²) >= 11 is 3.44. The second-order valence-electron chi connectivity index (χ2n) is 5.00. The fourth-order valence-electron chi connectivity index (χ4n) is 2.24. The summed E-state index contributed by atoms with van der Waals surface area (Å²) in [6.07, 6.45) is 0.454.